The van der Waals surface area contributed by atoms with E-state index in [9.17, 15) is 26.3 Å². The average molecular weight is 1790 g/mol. The first-order valence-electron chi connectivity index (χ1n) is 40.4. The van der Waals surface area contributed by atoms with E-state index in [0.717, 1.165) is 160 Å². The fourth-order valence-electron chi connectivity index (χ4n) is 14.6. The molecule has 0 amide bonds. The van der Waals surface area contributed by atoms with Gasteiger partial charge in [-0.1, -0.05) is 85.4 Å². The van der Waals surface area contributed by atoms with Crippen LogP contribution in [0.3, 0.4) is 0 Å². The zero-order valence-electron chi connectivity index (χ0n) is 71.2. The molecule has 0 saturated heterocycles. The Balaban J connectivity index is 0.000000114. The van der Waals surface area contributed by atoms with Crippen LogP contribution in [0.4, 0.5) is 55.0 Å². The Labute approximate surface area is 749 Å². The maximum absolute atomic E-state index is 13.6. The van der Waals surface area contributed by atoms with Crippen molar-refractivity contribution in [2.75, 3.05) is 27.4 Å². The van der Waals surface area contributed by atoms with Crippen molar-refractivity contribution >= 4 is 84.6 Å². The Morgan fingerprint density at radius 3 is 1.22 bits per heavy atom. The normalized spacial score (nSPS) is 12.0. The van der Waals surface area contributed by atoms with Crippen molar-refractivity contribution in [1.82, 2.24) is 105 Å². The van der Waals surface area contributed by atoms with E-state index in [0.29, 0.717) is 50.5 Å². The Kier molecular flexibility index (Phi) is 25.9. The minimum atomic E-state index is -4.55. The van der Waals surface area contributed by atoms with Crippen LogP contribution in [-0.2, 0) is 25.4 Å². The smallest absolute Gasteiger partial charge is 0.384 e. The fourth-order valence-corrected chi connectivity index (χ4v) is 15.2. The van der Waals surface area contributed by atoms with Gasteiger partial charge in [-0.3, -0.25) is 5.10 Å². The van der Waals surface area contributed by atoms with Crippen LogP contribution in [0, 0.1) is 84.4 Å². The zero-order chi connectivity index (χ0) is 91.9. The highest BCUT2D eigenvalue weighted by Crippen LogP contribution is 2.39. The number of H-pyrrole nitrogens is 11. The summed E-state index contributed by atoms with van der Waals surface area (Å²) in [5.74, 6) is 5.02. The summed E-state index contributed by atoms with van der Waals surface area (Å²) in [4.78, 5) is 66.2. The molecule has 656 valence electrons. The molecule has 0 aliphatic carbocycles. The first-order valence-corrected chi connectivity index (χ1v) is 41.2. The Hall–Kier alpha value is -16.2. The molecule has 15 heterocycles. The Morgan fingerprint density at radius 1 is 0.400 bits per heavy atom. The molecule has 35 heteroatoms. The number of aromatic amines is 11. The number of nitrogens with zero attached hydrogens (tertiary/aromatic N) is 11. The minimum Gasteiger partial charge on any atom is -0.384 e. The van der Waals surface area contributed by atoms with Crippen LogP contribution in [0.15, 0.2) is 226 Å². The summed E-state index contributed by atoms with van der Waals surface area (Å²) in [7, 11) is 0. The van der Waals surface area contributed by atoms with E-state index in [4.69, 9.17) is 39.9 Å². The summed E-state index contributed by atoms with van der Waals surface area (Å²) < 4.78 is 78.7. The van der Waals surface area contributed by atoms with E-state index >= 15 is 0 Å². The quantitative estimate of drug-likeness (QED) is 0.0628. The largest absolute Gasteiger partial charge is 0.434 e. The number of imidazole rings is 8. The topological polar surface area (TPSA) is 415 Å². The van der Waals surface area contributed by atoms with Crippen molar-refractivity contribution in [2.45, 2.75) is 80.8 Å². The van der Waals surface area contributed by atoms with Crippen LogP contribution >= 0.6 is 23.2 Å². The zero-order valence-corrected chi connectivity index (χ0v) is 72.8. The molecule has 0 atom stereocenters. The third-order valence-electron chi connectivity index (χ3n) is 20.7. The number of nitrogens with two attached hydrogens (primary N) is 2. The molecular formula is C95H85Cl2F6N27. The molecule has 22 rings (SSSR count). The van der Waals surface area contributed by atoms with Crippen molar-refractivity contribution in [3.05, 3.63) is 328 Å². The van der Waals surface area contributed by atoms with Gasteiger partial charge in [-0.25, -0.2) is 49.2 Å². The number of nitrogens with one attached hydrogen (secondary N) is 14. The molecule has 3 aliphatic heterocycles. The molecule has 0 radical (unpaired) electrons. The van der Waals surface area contributed by atoms with E-state index < -0.39 is 17.7 Å². The van der Waals surface area contributed by atoms with Crippen LogP contribution in [0.1, 0.15) is 74.5 Å². The second kappa shape index (κ2) is 37.9. The van der Waals surface area contributed by atoms with Gasteiger partial charge in [-0.05, 0) is 187 Å². The van der Waals surface area contributed by atoms with Gasteiger partial charge >= 0.3 is 6.18 Å². The number of allylic oxidation sites excluding steroid dienone is 3. The lowest BCUT2D eigenvalue weighted by Crippen LogP contribution is -2.11. The van der Waals surface area contributed by atoms with Crippen LogP contribution in [0.5, 0.6) is 0 Å². The lowest BCUT2D eigenvalue weighted by Gasteiger charge is -2.10. The third-order valence-corrected chi connectivity index (χ3v) is 21.2. The van der Waals surface area contributed by atoms with Crippen molar-refractivity contribution in [3.63, 3.8) is 0 Å². The summed E-state index contributed by atoms with van der Waals surface area (Å²) >= 11 is 12.2. The third kappa shape index (κ3) is 20.8. The van der Waals surface area contributed by atoms with E-state index in [1.54, 1.807) is 39.1 Å². The summed E-state index contributed by atoms with van der Waals surface area (Å²) in [6.07, 6.45) is 8.52. The Bertz CT molecular complexity index is 7340. The van der Waals surface area contributed by atoms with E-state index in [1.807, 2.05) is 132 Å². The number of aromatic nitrogens is 21. The van der Waals surface area contributed by atoms with Gasteiger partial charge in [-0.2, -0.15) is 32.3 Å². The number of nitrogen functional groups attached to an aromatic ring is 2. The second-order valence-electron chi connectivity index (χ2n) is 30.7. The first-order chi connectivity index (χ1) is 62.3. The van der Waals surface area contributed by atoms with Crippen LogP contribution in [-0.4, -0.2) is 105 Å². The van der Waals surface area contributed by atoms with E-state index in [-0.39, 0.29) is 34.5 Å². The van der Waals surface area contributed by atoms with Crippen molar-refractivity contribution in [1.29, 1.82) is 5.26 Å². The van der Waals surface area contributed by atoms with Gasteiger partial charge < -0.3 is 77.3 Å². The number of benzene rings is 7. The molecule has 12 aromatic heterocycles. The van der Waals surface area contributed by atoms with Crippen molar-refractivity contribution in [2.24, 2.45) is 0 Å². The van der Waals surface area contributed by atoms with Gasteiger partial charge in [-0.15, -0.1) is 0 Å². The molecule has 3 aliphatic rings. The molecule has 130 heavy (non-hydrogen) atoms. The monoisotopic (exact) mass is 1790 g/mol. The molecule has 0 fully saturated rings. The molecule has 0 unspecified atom stereocenters. The highest BCUT2D eigenvalue weighted by atomic mass is 35.5. The van der Waals surface area contributed by atoms with Gasteiger partial charge in [0.1, 0.15) is 97.4 Å². The summed E-state index contributed by atoms with van der Waals surface area (Å²) in [6.45, 7) is 26.4. The minimum absolute atomic E-state index is 0.0509. The number of nitriles is 1. The second-order valence-corrected chi connectivity index (χ2v) is 31.4. The average Bonchev–Trinajstić information content (AvgIpc) is 1.64. The van der Waals surface area contributed by atoms with E-state index in [1.165, 1.54) is 63.8 Å². The van der Waals surface area contributed by atoms with Crippen molar-refractivity contribution in [3.8, 4) is 96.1 Å². The van der Waals surface area contributed by atoms with Crippen LogP contribution in [0.2, 0.25) is 10.3 Å². The molecule has 0 saturated carbocycles. The number of fused-ring (bicyclic) bond motifs is 6. The predicted molar refractivity (Wildman–Crippen MR) is 499 cm³/mol. The lowest BCUT2D eigenvalue weighted by molar-refractivity contribution is -0.140. The van der Waals surface area contributed by atoms with Gasteiger partial charge in [0.25, 0.3) is 0 Å². The highest BCUT2D eigenvalue weighted by molar-refractivity contribution is 6.32. The molecule has 7 aromatic carbocycles. The maximum Gasteiger partial charge on any atom is 0.434 e. The number of rotatable bonds is 8. The standard InChI is InChI=1S/C13H12ClN3.C13H12FN3.C13H13N3.C12H10FN3.C12H11N3.C11H10ClN5.C11H8FN3.C10H9F3N4/c2*1-7-5-10-6-9(3-4-11(10)15-7)12-13(14)17-8(2)16-12;1-8-5-11-6-10(3-4-12(11)15-8)13-7-14-9(2)16-13;1-7-15-11(12(13)16-7)9-2-3-10-8(6-9)4-5-14-10;1-8-14-7-12(15-8)9-2-3-11-10(6-9)4-5-13-11;1-5-14-9(10(12)15-5)6-2-3-7-8(4-6)16-17-11(7)13;1-7-14-6-11(15-7)8-2-3-9(5-13)10(12)4-8;1-5-15-4-7(16-5)6-2-3-8(14)17-9(6)10(11,12)13/h2*3-4,6,15H,1,5H2,2H3,(H,16,17);3-4,6-7,15H,1,5H2,2H3,(H,14,16);2-6,14H,1H3,(H,15,16);2-7,13H,1H3,(H,14,15);2-4H,1H3,(H,14,15)(H3,13,16,17);2-4,6H,1H3,(H,14,15);2-4H,1H3,(H2,14,17)(H,15,16). The van der Waals surface area contributed by atoms with Crippen LogP contribution in [0.25, 0.3) is 123 Å². The summed E-state index contributed by atoms with van der Waals surface area (Å²) in [6, 6.07) is 49.0. The number of hydrogen-bond acceptors (Lipinski definition) is 16. The van der Waals surface area contributed by atoms with Gasteiger partial charge in [0.2, 0.25) is 11.9 Å². The number of aryl methyl sites for hydroxylation is 8. The van der Waals surface area contributed by atoms with Crippen LogP contribution < -0.4 is 27.4 Å². The molecule has 0 bridgehead atoms. The van der Waals surface area contributed by atoms with E-state index in [2.05, 4.69) is 189 Å². The van der Waals surface area contributed by atoms with Crippen molar-refractivity contribution < 1.29 is 26.3 Å². The molecule has 27 nitrogen and oxygen atoms in total. The molecule has 19 aromatic rings. The molecule has 18 N–H and O–H groups in total. The SMILES string of the molecule is C=C1Cc2cc(-c3cnc(C)[nH]3)ccc2N1.C=C1Cc2cc(-c3nc(C)[nH]c3Cl)ccc2N1.C=C1Cc2cc(-c3nc(C)[nH]c3F)ccc2N1.Cc1nc(-c2ccc3[nH]ccc3c2)c(F)[nH]1.Cc1nc(-c2ccc3c(N)n[nH]c3c2)c(Cl)[nH]1.Cc1ncc(-c2ccc(C#N)c(F)c2)[nH]1.Cc1ncc(-c2ccc(N)nc2C(F)(F)F)[nH]1.Cc1ncc(-c2ccc3[nH]ccc3c2)[nH]1. The predicted octanol–water partition coefficient (Wildman–Crippen LogP) is 22.5. The van der Waals surface area contributed by atoms with Gasteiger partial charge in [0.15, 0.2) is 11.5 Å². The molecule has 0 spiro atoms. The van der Waals surface area contributed by atoms with Gasteiger partial charge in [0, 0.05) is 132 Å². The number of halogens is 8. The first kappa shape index (κ1) is 88.6. The maximum atomic E-state index is 13.6. The lowest BCUT2D eigenvalue weighted by atomic mass is 10.1. The fraction of sp³-hybridized carbons (Fsp3) is 0.126. The highest BCUT2D eigenvalue weighted by Gasteiger charge is 2.36. The number of alkyl halides is 3. The van der Waals surface area contributed by atoms with Gasteiger partial charge in [0.05, 0.1) is 58.6 Å². The number of pyridine rings is 1. The number of hydrogen-bond donors (Lipinski definition) is 16. The number of anilines is 5. The Morgan fingerprint density at radius 2 is 0.785 bits per heavy atom. The molecular weight excluding hydrogens is 1700 g/mol. The summed E-state index contributed by atoms with van der Waals surface area (Å²) in [5, 5.41) is 29.4. The summed E-state index contributed by atoms with van der Waals surface area (Å²) in [5.41, 5.74) is 35.1.